The van der Waals surface area contributed by atoms with E-state index in [0.717, 1.165) is 10.2 Å². The van der Waals surface area contributed by atoms with E-state index in [2.05, 4.69) is 10.3 Å². The monoisotopic (exact) mass is 335 g/mol. The van der Waals surface area contributed by atoms with E-state index in [9.17, 15) is 14.7 Å². The van der Waals surface area contributed by atoms with Gasteiger partial charge in [0.25, 0.3) is 0 Å². The highest BCUT2D eigenvalue weighted by molar-refractivity contribution is 7.22. The molecule has 114 valence electrons. The second-order valence-electron chi connectivity index (χ2n) is 5.10. The Bertz CT molecular complexity index is 738. The zero-order chi connectivity index (χ0) is 15.7. The van der Waals surface area contributed by atoms with Crippen molar-refractivity contribution in [2.24, 2.45) is 11.8 Å². The highest BCUT2D eigenvalue weighted by atomic mass is 35.5. The lowest BCUT2D eigenvalue weighted by Crippen LogP contribution is -2.42. The number of amides is 1. The zero-order valence-electron chi connectivity index (χ0n) is 11.4. The Labute approximate surface area is 135 Å². The van der Waals surface area contributed by atoms with E-state index in [0.29, 0.717) is 10.2 Å². The Hall–Kier alpha value is -1.92. The molecule has 7 heteroatoms. The third kappa shape index (κ3) is 2.98. The number of anilines is 1. The van der Waals surface area contributed by atoms with Gasteiger partial charge in [-0.15, -0.1) is 0 Å². The molecule has 1 aliphatic rings. The molecule has 3 rings (SSSR count). The zero-order valence-corrected chi connectivity index (χ0v) is 13.0. The van der Waals surface area contributed by atoms with Crippen molar-refractivity contribution in [1.82, 2.24) is 4.98 Å². The van der Waals surface area contributed by atoms with Gasteiger partial charge in [0.15, 0.2) is 5.13 Å². The highest BCUT2D eigenvalue weighted by Gasteiger charge is 2.32. The lowest BCUT2D eigenvalue weighted by Gasteiger charge is -2.29. The fourth-order valence-electron chi connectivity index (χ4n) is 2.51. The maximum absolute atomic E-state index is 12.4. The number of hydrogen-bond acceptors (Lipinski definition) is 5. The molecule has 2 atom stereocenters. The van der Waals surface area contributed by atoms with E-state index in [-0.39, 0.29) is 18.7 Å². The number of para-hydroxylation sites is 1. The third-order valence-electron chi connectivity index (χ3n) is 3.66. The van der Waals surface area contributed by atoms with E-state index in [4.69, 9.17) is 11.6 Å². The van der Waals surface area contributed by atoms with Crippen LogP contribution in [0, 0.1) is 11.8 Å². The van der Waals surface area contributed by atoms with Crippen LogP contribution in [-0.2, 0) is 9.59 Å². The normalized spacial score (nSPS) is 21.4. The summed E-state index contributed by atoms with van der Waals surface area (Å²) < 4.78 is 0.954. The number of carboxylic acid groups (broad SMARTS) is 1. The second kappa shape index (κ2) is 6.06. The minimum Gasteiger partial charge on any atom is -0.550 e. The fraction of sp³-hybridized carbons (Fsp3) is 0.267. The van der Waals surface area contributed by atoms with Gasteiger partial charge in [0.05, 0.1) is 16.1 Å². The number of rotatable bonds is 3. The highest BCUT2D eigenvalue weighted by Crippen LogP contribution is 2.33. The Morgan fingerprint density at radius 3 is 2.82 bits per heavy atom. The molecule has 0 bridgehead atoms. The van der Waals surface area contributed by atoms with E-state index in [1.165, 1.54) is 11.3 Å². The summed E-state index contributed by atoms with van der Waals surface area (Å²) in [6.45, 7) is 0. The number of benzene rings is 1. The Morgan fingerprint density at radius 2 is 2.09 bits per heavy atom. The van der Waals surface area contributed by atoms with Gasteiger partial charge in [-0.25, -0.2) is 4.98 Å². The number of allylic oxidation sites excluding steroid dienone is 2. The SMILES string of the molecule is O=C([O-])[C@@H]1CC=C(Cl)C[C@H]1C(=O)Nc1nc2ccccc2s1. The molecule has 22 heavy (non-hydrogen) atoms. The Morgan fingerprint density at radius 1 is 1.32 bits per heavy atom. The molecule has 1 aliphatic carbocycles. The topological polar surface area (TPSA) is 82.1 Å². The number of nitrogens with zero attached hydrogens (tertiary/aromatic N) is 1. The number of nitrogens with one attached hydrogen (secondary N) is 1. The quantitative estimate of drug-likeness (QED) is 0.931. The van der Waals surface area contributed by atoms with Crippen LogP contribution in [0.25, 0.3) is 10.2 Å². The molecule has 1 aromatic heterocycles. The van der Waals surface area contributed by atoms with E-state index in [1.54, 1.807) is 6.08 Å². The van der Waals surface area contributed by atoms with E-state index >= 15 is 0 Å². The molecule has 1 N–H and O–H groups in total. The molecular formula is C15H12ClN2O3S-. The molecule has 0 unspecified atom stereocenters. The summed E-state index contributed by atoms with van der Waals surface area (Å²) in [7, 11) is 0. The van der Waals surface area contributed by atoms with Gasteiger partial charge in [-0.05, 0) is 25.0 Å². The summed E-state index contributed by atoms with van der Waals surface area (Å²) in [6.07, 6.45) is 2.04. The Balaban J connectivity index is 1.80. The number of halogens is 1. The number of aliphatic carboxylic acids is 1. The molecular weight excluding hydrogens is 324 g/mol. The number of thiazole rings is 1. The smallest absolute Gasteiger partial charge is 0.230 e. The first-order chi connectivity index (χ1) is 10.5. The minimum absolute atomic E-state index is 0.205. The van der Waals surface area contributed by atoms with Gasteiger partial charge in [-0.3, -0.25) is 4.79 Å². The maximum Gasteiger partial charge on any atom is 0.230 e. The minimum atomic E-state index is -1.23. The van der Waals surface area contributed by atoms with Crippen LogP contribution in [0.4, 0.5) is 5.13 Å². The summed E-state index contributed by atoms with van der Waals surface area (Å²) >= 11 is 7.29. The first kappa shape index (κ1) is 15.0. The molecule has 1 heterocycles. The molecule has 5 nitrogen and oxygen atoms in total. The molecule has 0 saturated heterocycles. The molecule has 1 aromatic carbocycles. The predicted molar refractivity (Wildman–Crippen MR) is 83.4 cm³/mol. The van der Waals surface area contributed by atoms with Crippen molar-refractivity contribution < 1.29 is 14.7 Å². The van der Waals surface area contributed by atoms with Crippen molar-refractivity contribution in [3.63, 3.8) is 0 Å². The van der Waals surface area contributed by atoms with Crippen LogP contribution in [0.2, 0.25) is 0 Å². The lowest BCUT2D eigenvalue weighted by molar-refractivity contribution is -0.313. The molecule has 0 aliphatic heterocycles. The maximum atomic E-state index is 12.4. The number of carbonyl (C=O) groups excluding carboxylic acids is 2. The molecule has 0 radical (unpaired) electrons. The molecule has 0 fully saturated rings. The summed E-state index contributed by atoms with van der Waals surface area (Å²) in [4.78, 5) is 27.9. The largest absolute Gasteiger partial charge is 0.550 e. The number of carbonyl (C=O) groups is 2. The van der Waals surface area contributed by atoms with Crippen LogP contribution < -0.4 is 10.4 Å². The van der Waals surface area contributed by atoms with Gasteiger partial charge in [0.2, 0.25) is 5.91 Å². The van der Waals surface area contributed by atoms with Crippen LogP contribution in [0.1, 0.15) is 12.8 Å². The van der Waals surface area contributed by atoms with Crippen molar-refractivity contribution in [2.75, 3.05) is 5.32 Å². The Kier molecular flexibility index (Phi) is 4.13. The molecule has 2 aromatic rings. The number of aromatic nitrogens is 1. The predicted octanol–water partition coefficient (Wildman–Crippen LogP) is 2.13. The van der Waals surface area contributed by atoms with Gasteiger partial charge in [0, 0.05) is 16.9 Å². The van der Waals surface area contributed by atoms with E-state index in [1.807, 2.05) is 24.3 Å². The van der Waals surface area contributed by atoms with Crippen LogP contribution in [0.5, 0.6) is 0 Å². The van der Waals surface area contributed by atoms with E-state index < -0.39 is 17.8 Å². The average Bonchev–Trinajstić information content (AvgIpc) is 2.88. The standard InChI is InChI=1S/C15H13ClN2O3S/c16-8-5-6-9(14(20)21)10(7-8)13(19)18-15-17-11-3-1-2-4-12(11)22-15/h1-5,9-10H,6-7H2,(H,20,21)(H,17,18,19)/p-1/t9-,10-/m1/s1. The molecule has 0 saturated carbocycles. The van der Waals surface area contributed by atoms with Crippen LogP contribution in [-0.4, -0.2) is 16.9 Å². The third-order valence-corrected chi connectivity index (χ3v) is 4.92. The first-order valence-corrected chi connectivity index (χ1v) is 7.96. The van der Waals surface area contributed by atoms with Gasteiger partial charge in [0.1, 0.15) is 0 Å². The number of fused-ring (bicyclic) bond motifs is 1. The van der Waals surface area contributed by atoms with Crippen molar-refractivity contribution in [1.29, 1.82) is 0 Å². The van der Waals surface area contributed by atoms with Crippen LogP contribution in [0.3, 0.4) is 0 Å². The van der Waals surface area contributed by atoms with Crippen molar-refractivity contribution in [3.05, 3.63) is 35.4 Å². The fourth-order valence-corrected chi connectivity index (χ4v) is 3.64. The summed E-state index contributed by atoms with van der Waals surface area (Å²) in [5, 5.41) is 14.8. The van der Waals surface area contributed by atoms with Crippen molar-refractivity contribution in [2.45, 2.75) is 12.8 Å². The summed E-state index contributed by atoms with van der Waals surface area (Å²) in [6, 6.07) is 7.52. The van der Waals surface area contributed by atoms with Crippen LogP contribution >= 0.6 is 22.9 Å². The van der Waals surface area contributed by atoms with Gasteiger partial charge < -0.3 is 15.2 Å². The average molecular weight is 336 g/mol. The van der Waals surface area contributed by atoms with Crippen molar-refractivity contribution >= 4 is 50.2 Å². The summed E-state index contributed by atoms with van der Waals surface area (Å²) in [5.41, 5.74) is 0.792. The summed E-state index contributed by atoms with van der Waals surface area (Å²) in [5.74, 6) is -3.23. The first-order valence-electron chi connectivity index (χ1n) is 6.76. The number of carboxylic acids is 1. The van der Waals surface area contributed by atoms with Crippen LogP contribution in [0.15, 0.2) is 35.4 Å². The second-order valence-corrected chi connectivity index (χ2v) is 6.61. The van der Waals surface area contributed by atoms with Gasteiger partial charge in [-0.2, -0.15) is 0 Å². The molecule has 0 spiro atoms. The van der Waals surface area contributed by atoms with Crippen molar-refractivity contribution in [3.8, 4) is 0 Å². The molecule has 1 amide bonds. The van der Waals surface area contributed by atoms with Gasteiger partial charge in [-0.1, -0.05) is 41.1 Å². The number of hydrogen-bond donors (Lipinski definition) is 1. The lowest BCUT2D eigenvalue weighted by atomic mass is 9.82. The van der Waals surface area contributed by atoms with Gasteiger partial charge >= 0.3 is 0 Å².